The van der Waals surface area contributed by atoms with Crippen molar-refractivity contribution in [3.8, 4) is 11.4 Å². The molecule has 3 aromatic rings. The Bertz CT molecular complexity index is 1180. The normalized spacial score (nSPS) is 18.5. The molecular weight excluding hydrogens is 462 g/mol. The van der Waals surface area contributed by atoms with Crippen molar-refractivity contribution in [2.75, 3.05) is 0 Å². The van der Waals surface area contributed by atoms with E-state index in [4.69, 9.17) is 28.0 Å². The fraction of sp³-hybridized carbons (Fsp3) is 0.167. The molecule has 1 unspecified atom stereocenters. The van der Waals surface area contributed by atoms with Crippen LogP contribution in [0.4, 0.5) is 18.9 Å². The van der Waals surface area contributed by atoms with Crippen LogP contribution < -0.4 is 0 Å². The Morgan fingerprint density at radius 3 is 2.45 bits per heavy atom. The zero-order valence-electron chi connectivity index (χ0n) is 15.2. The lowest BCUT2D eigenvalue weighted by atomic mass is 9.86. The fourth-order valence-corrected chi connectivity index (χ4v) is 3.77. The van der Waals surface area contributed by atoms with E-state index in [0.717, 1.165) is 18.2 Å². The number of rotatable bonds is 4. The maximum absolute atomic E-state index is 14.1. The monoisotopic (exact) mass is 471 g/mol. The van der Waals surface area contributed by atoms with Gasteiger partial charge in [0.05, 0.1) is 16.2 Å². The van der Waals surface area contributed by atoms with E-state index in [-0.39, 0.29) is 44.0 Å². The quantitative estimate of drug-likeness (QED) is 0.412. The second-order valence-corrected chi connectivity index (χ2v) is 7.48. The molecule has 13 heteroatoms. The third-order valence-electron chi connectivity index (χ3n) is 4.71. The van der Waals surface area contributed by atoms with Crippen LogP contribution in [0.5, 0.6) is 0 Å². The minimum atomic E-state index is -4.88. The maximum Gasteiger partial charge on any atom is 0.435 e. The molecule has 1 aliphatic heterocycles. The van der Waals surface area contributed by atoms with Gasteiger partial charge in [-0.1, -0.05) is 34.4 Å². The molecule has 0 amide bonds. The summed E-state index contributed by atoms with van der Waals surface area (Å²) in [5.74, 6) is 0.140. The van der Waals surface area contributed by atoms with Crippen molar-refractivity contribution in [1.29, 1.82) is 0 Å². The summed E-state index contributed by atoms with van der Waals surface area (Å²) in [7, 11) is 0. The molecule has 0 saturated carbocycles. The lowest BCUT2D eigenvalue weighted by molar-refractivity contribution is -0.384. The Labute approximate surface area is 181 Å². The number of nitrogens with one attached hydrogen (secondary N) is 1. The summed E-state index contributed by atoms with van der Waals surface area (Å²) in [5.41, 5.74) is -3.46. The van der Waals surface area contributed by atoms with Gasteiger partial charge in [0.2, 0.25) is 0 Å². The molecule has 0 radical (unpaired) electrons. The van der Waals surface area contributed by atoms with Gasteiger partial charge in [-0.25, -0.2) is 4.98 Å². The average Bonchev–Trinajstić information content (AvgIpc) is 3.37. The molecule has 1 N–H and O–H groups in total. The summed E-state index contributed by atoms with van der Waals surface area (Å²) in [5, 5.41) is 21.3. The van der Waals surface area contributed by atoms with E-state index in [1.165, 1.54) is 24.5 Å². The van der Waals surface area contributed by atoms with Crippen LogP contribution in [0.15, 0.2) is 47.9 Å². The lowest BCUT2D eigenvalue weighted by Crippen LogP contribution is -2.42. The van der Waals surface area contributed by atoms with Gasteiger partial charge < -0.3 is 4.84 Å². The summed E-state index contributed by atoms with van der Waals surface area (Å²) in [6.45, 7) is 0. The number of hydrogen-bond donors (Lipinski definition) is 1. The van der Waals surface area contributed by atoms with Gasteiger partial charge in [-0.05, 0) is 24.3 Å². The molecule has 0 fully saturated rings. The highest BCUT2D eigenvalue weighted by Gasteiger charge is 2.62. The molecule has 4 rings (SSSR count). The Morgan fingerprint density at radius 2 is 1.87 bits per heavy atom. The zero-order chi connectivity index (χ0) is 22.4. The van der Waals surface area contributed by atoms with Crippen LogP contribution >= 0.6 is 23.2 Å². The van der Waals surface area contributed by atoms with Crippen molar-refractivity contribution in [1.82, 2.24) is 15.2 Å². The number of H-pyrrole nitrogens is 1. The van der Waals surface area contributed by atoms with Gasteiger partial charge in [0.25, 0.3) is 11.3 Å². The second kappa shape index (κ2) is 7.50. The molecule has 0 bridgehead atoms. The van der Waals surface area contributed by atoms with E-state index >= 15 is 0 Å². The molecule has 31 heavy (non-hydrogen) atoms. The number of benzene rings is 2. The number of oxime groups is 1. The summed E-state index contributed by atoms with van der Waals surface area (Å²) in [6.07, 6.45) is -4.43. The molecule has 1 atom stereocenters. The third kappa shape index (κ3) is 3.70. The molecule has 2 heterocycles. The van der Waals surface area contributed by atoms with E-state index < -0.39 is 23.1 Å². The van der Waals surface area contributed by atoms with Crippen LogP contribution in [0.2, 0.25) is 10.0 Å². The molecule has 8 nitrogen and oxygen atoms in total. The number of halogens is 5. The van der Waals surface area contributed by atoms with Crippen molar-refractivity contribution in [2.24, 2.45) is 5.16 Å². The Kier molecular flexibility index (Phi) is 5.10. The first-order valence-electron chi connectivity index (χ1n) is 8.53. The molecule has 0 spiro atoms. The summed E-state index contributed by atoms with van der Waals surface area (Å²) in [4.78, 5) is 19.6. The van der Waals surface area contributed by atoms with Crippen molar-refractivity contribution in [3.63, 3.8) is 0 Å². The first kappa shape index (κ1) is 21.1. The number of aromatic nitrogens is 3. The van der Waals surface area contributed by atoms with E-state index in [1.807, 2.05) is 0 Å². The number of hydrogen-bond acceptors (Lipinski definition) is 6. The Morgan fingerprint density at radius 1 is 1.16 bits per heavy atom. The van der Waals surface area contributed by atoms with Crippen molar-refractivity contribution >= 4 is 34.6 Å². The second-order valence-electron chi connectivity index (χ2n) is 6.61. The highest BCUT2D eigenvalue weighted by atomic mass is 35.5. The van der Waals surface area contributed by atoms with Crippen LogP contribution in [0.3, 0.4) is 0 Å². The van der Waals surface area contributed by atoms with Crippen LogP contribution in [-0.4, -0.2) is 32.0 Å². The molecule has 2 aromatic carbocycles. The molecule has 0 saturated heterocycles. The van der Waals surface area contributed by atoms with Gasteiger partial charge in [-0.15, -0.1) is 0 Å². The predicted molar refractivity (Wildman–Crippen MR) is 105 cm³/mol. The van der Waals surface area contributed by atoms with Crippen LogP contribution in [0.25, 0.3) is 11.4 Å². The fourth-order valence-electron chi connectivity index (χ4n) is 3.24. The summed E-state index contributed by atoms with van der Waals surface area (Å²) in [6, 6.07) is 7.32. The predicted octanol–water partition coefficient (Wildman–Crippen LogP) is 5.27. The highest BCUT2D eigenvalue weighted by Crippen LogP contribution is 2.50. The number of alkyl halides is 3. The minimum absolute atomic E-state index is 0.00442. The SMILES string of the molecule is O=[N+]([O-])c1cc(C2=NOC(c3cc(Cl)cc(Cl)c3)(C(F)(F)F)C2)ccc1-c1ncn[nH]1. The van der Waals surface area contributed by atoms with Gasteiger partial charge in [-0.3, -0.25) is 15.2 Å². The van der Waals surface area contributed by atoms with E-state index in [0.29, 0.717) is 0 Å². The van der Waals surface area contributed by atoms with Gasteiger partial charge >= 0.3 is 6.18 Å². The maximum atomic E-state index is 14.1. The van der Waals surface area contributed by atoms with Crippen LogP contribution in [0.1, 0.15) is 17.5 Å². The zero-order valence-corrected chi connectivity index (χ0v) is 16.7. The number of nitrogens with zero attached hydrogens (tertiary/aromatic N) is 4. The van der Waals surface area contributed by atoms with Crippen LogP contribution in [0, 0.1) is 10.1 Å². The van der Waals surface area contributed by atoms with Crippen molar-refractivity contribution in [2.45, 2.75) is 18.2 Å². The Balaban J connectivity index is 1.76. The molecule has 1 aromatic heterocycles. The first-order chi connectivity index (χ1) is 14.6. The highest BCUT2D eigenvalue weighted by molar-refractivity contribution is 6.34. The van der Waals surface area contributed by atoms with Gasteiger partial charge in [0, 0.05) is 33.7 Å². The number of aromatic amines is 1. The van der Waals surface area contributed by atoms with E-state index in [9.17, 15) is 23.3 Å². The lowest BCUT2D eigenvalue weighted by Gasteiger charge is -2.29. The molecule has 160 valence electrons. The standard InChI is InChI=1S/C18H10Cl2F3N5O3/c19-11-4-10(5-12(20)6-11)17(18(21,22)23)7-14(27-31-17)9-1-2-13(15(3-9)28(29)30)16-24-8-25-26-16/h1-6,8H,7H2,(H,24,25,26). The van der Waals surface area contributed by atoms with Crippen molar-refractivity contribution in [3.05, 3.63) is 74.0 Å². The van der Waals surface area contributed by atoms with Gasteiger partial charge in [-0.2, -0.15) is 18.3 Å². The third-order valence-corrected chi connectivity index (χ3v) is 5.15. The molecule has 1 aliphatic rings. The van der Waals surface area contributed by atoms with Crippen molar-refractivity contribution < 1.29 is 22.9 Å². The van der Waals surface area contributed by atoms with E-state index in [1.54, 1.807) is 0 Å². The summed E-state index contributed by atoms with van der Waals surface area (Å²) >= 11 is 11.8. The average molecular weight is 472 g/mol. The smallest absolute Gasteiger partial charge is 0.374 e. The van der Waals surface area contributed by atoms with Gasteiger partial charge in [0.1, 0.15) is 6.33 Å². The number of nitro benzene ring substituents is 1. The minimum Gasteiger partial charge on any atom is -0.374 e. The van der Waals surface area contributed by atoms with Crippen LogP contribution in [-0.2, 0) is 10.4 Å². The van der Waals surface area contributed by atoms with E-state index in [2.05, 4.69) is 20.3 Å². The topological polar surface area (TPSA) is 106 Å². The first-order valence-corrected chi connectivity index (χ1v) is 9.29. The molecular formula is C18H10Cl2F3N5O3. The largest absolute Gasteiger partial charge is 0.435 e. The summed E-state index contributed by atoms with van der Waals surface area (Å²) < 4.78 is 42.3. The van der Waals surface area contributed by atoms with Gasteiger partial charge in [0.15, 0.2) is 5.82 Å². The number of nitro groups is 1. The Hall–Kier alpha value is -3.18. The molecule has 0 aliphatic carbocycles.